The Morgan fingerprint density at radius 1 is 1.00 bits per heavy atom. The molecular formula is C33H33F4N7O3. The first kappa shape index (κ1) is 31.8. The highest BCUT2D eigenvalue weighted by atomic mass is 19.4. The van der Waals surface area contributed by atoms with Crippen molar-refractivity contribution in [3.8, 4) is 17.2 Å². The molecule has 0 aliphatic carbocycles. The van der Waals surface area contributed by atoms with Gasteiger partial charge in [-0.1, -0.05) is 6.58 Å². The number of likely N-dealkylation sites (tertiary alicyclic amines) is 1. The van der Waals surface area contributed by atoms with Gasteiger partial charge in [0.25, 0.3) is 0 Å². The molecule has 0 bridgehead atoms. The topological polar surface area (TPSA) is 105 Å². The molecule has 0 radical (unpaired) electrons. The van der Waals surface area contributed by atoms with E-state index in [0.29, 0.717) is 47.1 Å². The fourth-order valence-electron chi connectivity index (χ4n) is 5.85. The summed E-state index contributed by atoms with van der Waals surface area (Å²) in [5.74, 6) is -0.250. The normalized spacial score (nSPS) is 17.1. The molecule has 2 aliphatic heterocycles. The molecule has 2 N–H and O–H groups in total. The van der Waals surface area contributed by atoms with Crippen LogP contribution in [0.4, 0.5) is 40.6 Å². The van der Waals surface area contributed by atoms with Crippen molar-refractivity contribution in [2.45, 2.75) is 31.5 Å². The van der Waals surface area contributed by atoms with Crippen molar-refractivity contribution in [2.24, 2.45) is 5.92 Å². The van der Waals surface area contributed by atoms with Crippen LogP contribution in [0.5, 0.6) is 17.2 Å². The van der Waals surface area contributed by atoms with Crippen LogP contribution in [0, 0.1) is 11.7 Å². The fourth-order valence-corrected chi connectivity index (χ4v) is 5.85. The van der Waals surface area contributed by atoms with Gasteiger partial charge in [0.05, 0.1) is 29.9 Å². The summed E-state index contributed by atoms with van der Waals surface area (Å²) in [5.41, 5.74) is 1.45. The number of alkyl halides is 3. The molecule has 0 spiro atoms. The molecule has 1 atom stereocenters. The summed E-state index contributed by atoms with van der Waals surface area (Å²) in [4.78, 5) is 28.2. The van der Waals surface area contributed by atoms with Gasteiger partial charge in [0.15, 0.2) is 0 Å². The number of hydrogen-bond donors (Lipinski definition) is 2. The average molecular weight is 652 g/mol. The summed E-state index contributed by atoms with van der Waals surface area (Å²) in [7, 11) is 1.57. The van der Waals surface area contributed by atoms with E-state index in [-0.39, 0.29) is 42.9 Å². The summed E-state index contributed by atoms with van der Waals surface area (Å²) < 4.78 is 66.2. The zero-order valence-electron chi connectivity index (χ0n) is 25.6. The number of fused-ring (bicyclic) bond motifs is 1. The van der Waals surface area contributed by atoms with Gasteiger partial charge in [-0.05, 0) is 49.6 Å². The van der Waals surface area contributed by atoms with E-state index in [0.717, 1.165) is 18.5 Å². The van der Waals surface area contributed by atoms with Gasteiger partial charge in [0.1, 0.15) is 41.0 Å². The van der Waals surface area contributed by atoms with Crippen molar-refractivity contribution in [1.82, 2.24) is 19.9 Å². The Labute approximate surface area is 268 Å². The number of nitrogens with one attached hydrogen (secondary N) is 2. The molecule has 2 aromatic carbocycles. The molecule has 2 aliphatic rings. The zero-order valence-corrected chi connectivity index (χ0v) is 25.6. The highest BCUT2D eigenvalue weighted by Gasteiger charge is 2.43. The Kier molecular flexibility index (Phi) is 9.01. The molecule has 2 aromatic heterocycles. The van der Waals surface area contributed by atoms with E-state index in [4.69, 9.17) is 9.47 Å². The van der Waals surface area contributed by atoms with E-state index in [2.05, 4.69) is 32.2 Å². The number of nitrogens with zero attached hydrogens (tertiary/aromatic N) is 5. The van der Waals surface area contributed by atoms with E-state index >= 15 is 4.39 Å². The van der Waals surface area contributed by atoms with Crippen molar-refractivity contribution in [3.63, 3.8) is 0 Å². The van der Waals surface area contributed by atoms with E-state index in [9.17, 15) is 18.0 Å². The first-order valence-electron chi connectivity index (χ1n) is 15.1. The first-order chi connectivity index (χ1) is 22.6. The Hall–Kier alpha value is -5.14. The zero-order chi connectivity index (χ0) is 33.1. The molecule has 4 aromatic rings. The van der Waals surface area contributed by atoms with Crippen molar-refractivity contribution < 1.29 is 31.8 Å². The number of aromatic nitrogens is 3. The molecular weight excluding hydrogens is 618 g/mol. The lowest BCUT2D eigenvalue weighted by Crippen LogP contribution is -2.41. The maximum atomic E-state index is 15.4. The fraction of sp³-hybridized carbons (Fsp3) is 0.333. The average Bonchev–Trinajstić information content (AvgIpc) is 3.58. The Morgan fingerprint density at radius 3 is 2.49 bits per heavy atom. The summed E-state index contributed by atoms with van der Waals surface area (Å²) in [6.45, 7) is 4.84. The number of amides is 1. The second kappa shape index (κ2) is 13.3. The number of pyridine rings is 1. The highest BCUT2D eigenvalue weighted by molar-refractivity contribution is 5.95. The molecule has 1 amide bonds. The minimum atomic E-state index is -4.26. The van der Waals surface area contributed by atoms with E-state index in [1.54, 1.807) is 41.2 Å². The van der Waals surface area contributed by atoms with Gasteiger partial charge < -0.3 is 29.9 Å². The van der Waals surface area contributed by atoms with Crippen LogP contribution in [0.15, 0.2) is 67.6 Å². The second-order valence-corrected chi connectivity index (χ2v) is 11.4. The number of methoxy groups -OCH3 is 1. The predicted octanol–water partition coefficient (Wildman–Crippen LogP) is 6.69. The van der Waals surface area contributed by atoms with Crippen molar-refractivity contribution in [1.29, 1.82) is 0 Å². The Balaban J connectivity index is 1.16. The van der Waals surface area contributed by atoms with Crippen LogP contribution in [0.2, 0.25) is 0 Å². The largest absolute Gasteiger partial charge is 0.495 e. The van der Waals surface area contributed by atoms with Gasteiger partial charge in [-0.3, -0.25) is 4.79 Å². The number of rotatable bonds is 9. The minimum absolute atomic E-state index is 0.00188. The summed E-state index contributed by atoms with van der Waals surface area (Å²) >= 11 is 0. The summed E-state index contributed by atoms with van der Waals surface area (Å²) in [6, 6.07) is 11.1. The predicted molar refractivity (Wildman–Crippen MR) is 170 cm³/mol. The molecule has 10 nitrogen and oxygen atoms in total. The van der Waals surface area contributed by atoms with Crippen LogP contribution in [-0.2, 0) is 4.79 Å². The third kappa shape index (κ3) is 7.16. The SMILES string of the molecule is C=CC(=O)N1CCC(Nc2cc3c(Nc4ccc(Oc5ccnc(N6CC[C@H](C(F)(F)F)C6)c5)cc4F)ncnc3cc2OC)CC1. The quantitative estimate of drug-likeness (QED) is 0.151. The maximum absolute atomic E-state index is 15.4. The molecule has 6 rings (SSSR count). The first-order valence-corrected chi connectivity index (χ1v) is 15.1. The number of piperidine rings is 1. The lowest BCUT2D eigenvalue weighted by Gasteiger charge is -2.32. The maximum Gasteiger partial charge on any atom is 0.393 e. The smallest absolute Gasteiger partial charge is 0.393 e. The standard InChI is InChI=1S/C33H33F4N7O3/c1-3-31(45)43-12-8-21(9-13-43)41-28-16-24-27(17-29(28)46-2)39-19-40-32(24)42-26-5-4-22(14-25(26)34)47-23-6-10-38-30(15-23)44-11-7-20(18-44)33(35,36)37/h3-6,10,14-17,19-21,41H,1,7-9,11-13,18H2,2H3,(H,39,40,42)/t20-/m0/s1. The third-order valence-corrected chi connectivity index (χ3v) is 8.42. The summed E-state index contributed by atoms with van der Waals surface area (Å²) in [5, 5.41) is 7.20. The van der Waals surface area contributed by atoms with Crippen molar-refractivity contribution in [2.75, 3.05) is 48.8 Å². The van der Waals surface area contributed by atoms with Crippen molar-refractivity contribution >= 4 is 39.8 Å². The number of benzene rings is 2. The number of halogens is 4. The Morgan fingerprint density at radius 2 is 1.79 bits per heavy atom. The number of hydrogen-bond acceptors (Lipinski definition) is 9. The van der Waals surface area contributed by atoms with Crippen molar-refractivity contribution in [3.05, 3.63) is 73.5 Å². The van der Waals surface area contributed by atoms with Gasteiger partial charge >= 0.3 is 6.18 Å². The van der Waals surface area contributed by atoms with Crippen LogP contribution in [0.25, 0.3) is 10.9 Å². The van der Waals surface area contributed by atoms with E-state index in [1.165, 1.54) is 30.7 Å². The van der Waals surface area contributed by atoms with Crippen LogP contribution in [0.1, 0.15) is 19.3 Å². The third-order valence-electron chi connectivity index (χ3n) is 8.42. The van der Waals surface area contributed by atoms with E-state index in [1.807, 2.05) is 6.07 Å². The Bertz CT molecular complexity index is 1780. The van der Waals surface area contributed by atoms with Crippen LogP contribution in [-0.4, -0.2) is 71.3 Å². The number of anilines is 4. The number of ether oxygens (including phenoxy) is 2. The second-order valence-electron chi connectivity index (χ2n) is 11.4. The van der Waals surface area contributed by atoms with Gasteiger partial charge in [-0.2, -0.15) is 13.2 Å². The van der Waals surface area contributed by atoms with Gasteiger partial charge in [0.2, 0.25) is 5.91 Å². The molecule has 0 unspecified atom stereocenters. The lowest BCUT2D eigenvalue weighted by atomic mass is 10.0. The van der Waals surface area contributed by atoms with Gasteiger partial charge in [-0.25, -0.2) is 19.3 Å². The molecule has 0 saturated carbocycles. The highest BCUT2D eigenvalue weighted by Crippen LogP contribution is 2.37. The summed E-state index contributed by atoms with van der Waals surface area (Å²) in [6.07, 6.45) is 1.38. The van der Waals surface area contributed by atoms with Gasteiger partial charge in [-0.15, -0.1) is 0 Å². The molecule has 2 saturated heterocycles. The minimum Gasteiger partial charge on any atom is -0.495 e. The van der Waals surface area contributed by atoms with E-state index < -0.39 is 17.9 Å². The molecule has 47 heavy (non-hydrogen) atoms. The van der Waals surface area contributed by atoms with Crippen LogP contribution in [0.3, 0.4) is 0 Å². The van der Waals surface area contributed by atoms with Gasteiger partial charge in [0, 0.05) is 62.0 Å². The molecule has 4 heterocycles. The number of carbonyl (C=O) groups is 1. The molecule has 14 heteroatoms. The van der Waals surface area contributed by atoms with Crippen LogP contribution < -0.4 is 25.0 Å². The molecule has 246 valence electrons. The molecule has 2 fully saturated rings. The van der Waals surface area contributed by atoms with Crippen LogP contribution >= 0.6 is 0 Å². The monoisotopic (exact) mass is 651 g/mol. The number of carbonyl (C=O) groups excluding carboxylic acids is 1. The lowest BCUT2D eigenvalue weighted by molar-refractivity contribution is -0.168.